The standard InChI is InChI=1S/C24H27N3O5/c1-16-5-3-4-6-20(16)24(31)27-13-11-18(12-14-27)23(30)26-19-9-7-17(8-10-19)22(29)25-15-21(28)32-2/h3-10,18H,11-15H2,1-2H3,(H,25,29)(H,26,30). The molecular weight excluding hydrogens is 410 g/mol. The van der Waals surface area contributed by atoms with Crippen molar-refractivity contribution in [2.75, 3.05) is 32.1 Å². The molecule has 0 aliphatic carbocycles. The number of methoxy groups -OCH3 is 1. The molecule has 2 N–H and O–H groups in total. The molecule has 1 saturated heterocycles. The van der Waals surface area contributed by atoms with Gasteiger partial charge in [0.05, 0.1) is 7.11 Å². The summed E-state index contributed by atoms with van der Waals surface area (Å²) < 4.78 is 4.48. The third-order valence-electron chi connectivity index (χ3n) is 5.56. The molecule has 3 amide bonds. The van der Waals surface area contributed by atoms with Gasteiger partial charge in [-0.3, -0.25) is 19.2 Å². The van der Waals surface area contributed by atoms with E-state index < -0.39 is 11.9 Å². The maximum Gasteiger partial charge on any atom is 0.325 e. The Balaban J connectivity index is 1.49. The number of nitrogens with one attached hydrogen (secondary N) is 2. The van der Waals surface area contributed by atoms with Crippen LogP contribution in [0.1, 0.15) is 39.1 Å². The molecule has 0 radical (unpaired) electrons. The van der Waals surface area contributed by atoms with Gasteiger partial charge in [0.1, 0.15) is 6.54 Å². The first kappa shape index (κ1) is 23.0. The van der Waals surface area contributed by atoms with Gasteiger partial charge in [0.2, 0.25) is 5.91 Å². The number of hydrogen-bond donors (Lipinski definition) is 2. The van der Waals surface area contributed by atoms with Gasteiger partial charge >= 0.3 is 5.97 Å². The molecule has 1 aliphatic rings. The molecule has 1 aliphatic heterocycles. The van der Waals surface area contributed by atoms with E-state index in [2.05, 4.69) is 15.4 Å². The number of ether oxygens (including phenoxy) is 1. The second-order valence-electron chi connectivity index (χ2n) is 7.71. The molecule has 1 fully saturated rings. The van der Waals surface area contributed by atoms with Gasteiger partial charge in [-0.15, -0.1) is 0 Å². The van der Waals surface area contributed by atoms with Gasteiger partial charge in [0.25, 0.3) is 11.8 Å². The fraction of sp³-hybridized carbons (Fsp3) is 0.333. The number of nitrogens with zero attached hydrogens (tertiary/aromatic N) is 1. The van der Waals surface area contributed by atoms with Crippen LogP contribution in [-0.2, 0) is 14.3 Å². The average Bonchev–Trinajstić information content (AvgIpc) is 2.82. The van der Waals surface area contributed by atoms with Crippen LogP contribution in [0.5, 0.6) is 0 Å². The summed E-state index contributed by atoms with van der Waals surface area (Å²) in [5, 5.41) is 5.33. The summed E-state index contributed by atoms with van der Waals surface area (Å²) in [7, 11) is 1.25. The van der Waals surface area contributed by atoms with Crippen molar-refractivity contribution >= 4 is 29.4 Å². The Morgan fingerprint density at radius 1 is 1.00 bits per heavy atom. The maximum absolute atomic E-state index is 12.7. The van der Waals surface area contributed by atoms with E-state index in [4.69, 9.17) is 0 Å². The van der Waals surface area contributed by atoms with Crippen LogP contribution in [0.2, 0.25) is 0 Å². The van der Waals surface area contributed by atoms with E-state index in [-0.39, 0.29) is 24.3 Å². The zero-order valence-corrected chi connectivity index (χ0v) is 18.2. The Labute approximate surface area is 186 Å². The lowest BCUT2D eigenvalue weighted by molar-refractivity contribution is -0.139. The van der Waals surface area contributed by atoms with E-state index in [1.807, 2.05) is 31.2 Å². The number of benzene rings is 2. The Morgan fingerprint density at radius 3 is 2.28 bits per heavy atom. The van der Waals surface area contributed by atoms with Crippen LogP contribution in [0.25, 0.3) is 0 Å². The lowest BCUT2D eigenvalue weighted by Gasteiger charge is -2.31. The van der Waals surface area contributed by atoms with Crippen LogP contribution >= 0.6 is 0 Å². The zero-order chi connectivity index (χ0) is 23.1. The van der Waals surface area contributed by atoms with Gasteiger partial charge in [0, 0.05) is 35.8 Å². The topological polar surface area (TPSA) is 105 Å². The highest BCUT2D eigenvalue weighted by Crippen LogP contribution is 2.22. The summed E-state index contributed by atoms with van der Waals surface area (Å²) in [6.07, 6.45) is 1.19. The van der Waals surface area contributed by atoms with Crippen molar-refractivity contribution in [2.24, 2.45) is 5.92 Å². The number of anilines is 1. The first-order valence-corrected chi connectivity index (χ1v) is 10.5. The number of aryl methyl sites for hydroxylation is 1. The SMILES string of the molecule is COC(=O)CNC(=O)c1ccc(NC(=O)C2CCN(C(=O)c3ccccc3C)CC2)cc1. The number of hydrogen-bond acceptors (Lipinski definition) is 5. The summed E-state index contributed by atoms with van der Waals surface area (Å²) in [5.74, 6) is -1.22. The summed E-state index contributed by atoms with van der Waals surface area (Å²) >= 11 is 0. The molecule has 0 spiro atoms. The smallest absolute Gasteiger partial charge is 0.325 e. The average molecular weight is 437 g/mol. The molecule has 0 atom stereocenters. The van der Waals surface area contributed by atoms with Gasteiger partial charge in [0.15, 0.2) is 0 Å². The number of amides is 3. The Morgan fingerprint density at radius 2 is 1.66 bits per heavy atom. The van der Waals surface area contributed by atoms with Crippen LogP contribution in [0, 0.1) is 12.8 Å². The third-order valence-corrected chi connectivity index (χ3v) is 5.56. The minimum atomic E-state index is -0.533. The molecule has 1 heterocycles. The van der Waals surface area contributed by atoms with E-state index in [0.717, 1.165) is 5.56 Å². The summed E-state index contributed by atoms with van der Waals surface area (Å²) in [4.78, 5) is 50.3. The van der Waals surface area contributed by atoms with E-state index in [9.17, 15) is 19.2 Å². The van der Waals surface area contributed by atoms with Crippen LogP contribution in [0.15, 0.2) is 48.5 Å². The quantitative estimate of drug-likeness (QED) is 0.675. The normalized spacial score (nSPS) is 13.9. The van der Waals surface area contributed by atoms with Crippen molar-refractivity contribution in [2.45, 2.75) is 19.8 Å². The van der Waals surface area contributed by atoms with Gasteiger partial charge in [-0.05, 0) is 55.7 Å². The monoisotopic (exact) mass is 437 g/mol. The van der Waals surface area contributed by atoms with Gasteiger partial charge in [-0.25, -0.2) is 0 Å². The van der Waals surface area contributed by atoms with E-state index >= 15 is 0 Å². The number of likely N-dealkylation sites (tertiary alicyclic amines) is 1. The second-order valence-corrected chi connectivity index (χ2v) is 7.71. The van der Waals surface area contributed by atoms with Gasteiger partial charge in [-0.1, -0.05) is 18.2 Å². The number of carbonyl (C=O) groups is 4. The second kappa shape index (κ2) is 10.6. The Kier molecular flexibility index (Phi) is 7.59. The summed E-state index contributed by atoms with van der Waals surface area (Å²) in [5.41, 5.74) is 2.60. The van der Waals surface area contributed by atoms with Crippen molar-refractivity contribution < 1.29 is 23.9 Å². The van der Waals surface area contributed by atoms with Crippen LogP contribution < -0.4 is 10.6 Å². The predicted molar refractivity (Wildman–Crippen MR) is 119 cm³/mol. The number of esters is 1. The molecular formula is C24H27N3O5. The van der Waals surface area contributed by atoms with Crippen LogP contribution in [0.4, 0.5) is 5.69 Å². The van der Waals surface area contributed by atoms with Crippen molar-refractivity contribution in [1.82, 2.24) is 10.2 Å². The lowest BCUT2D eigenvalue weighted by atomic mass is 9.95. The number of rotatable bonds is 6. The van der Waals surface area contributed by atoms with Crippen LogP contribution in [0.3, 0.4) is 0 Å². The third kappa shape index (κ3) is 5.72. The molecule has 0 bridgehead atoms. The summed E-state index contributed by atoms with van der Waals surface area (Å²) in [6, 6.07) is 13.9. The van der Waals surface area contributed by atoms with Crippen molar-refractivity contribution in [3.05, 3.63) is 65.2 Å². The minimum Gasteiger partial charge on any atom is -0.468 e. The highest BCUT2D eigenvalue weighted by Gasteiger charge is 2.28. The van der Waals surface area contributed by atoms with Gasteiger partial charge < -0.3 is 20.3 Å². The first-order chi connectivity index (χ1) is 15.4. The zero-order valence-electron chi connectivity index (χ0n) is 18.2. The molecule has 2 aromatic carbocycles. The Bertz CT molecular complexity index is 995. The van der Waals surface area contributed by atoms with Gasteiger partial charge in [-0.2, -0.15) is 0 Å². The lowest BCUT2D eigenvalue weighted by Crippen LogP contribution is -2.41. The fourth-order valence-electron chi connectivity index (χ4n) is 3.60. The fourth-order valence-corrected chi connectivity index (χ4v) is 3.60. The van der Waals surface area contributed by atoms with E-state index in [1.54, 1.807) is 29.2 Å². The molecule has 0 unspecified atom stereocenters. The largest absolute Gasteiger partial charge is 0.468 e. The highest BCUT2D eigenvalue weighted by atomic mass is 16.5. The van der Waals surface area contributed by atoms with Crippen molar-refractivity contribution in [1.29, 1.82) is 0 Å². The molecule has 0 aromatic heterocycles. The highest BCUT2D eigenvalue weighted by molar-refractivity contribution is 5.98. The first-order valence-electron chi connectivity index (χ1n) is 10.5. The molecule has 8 nitrogen and oxygen atoms in total. The summed E-state index contributed by atoms with van der Waals surface area (Å²) in [6.45, 7) is 2.77. The molecule has 2 aromatic rings. The maximum atomic E-state index is 12.7. The molecule has 0 saturated carbocycles. The van der Waals surface area contributed by atoms with Crippen molar-refractivity contribution in [3.8, 4) is 0 Å². The molecule has 168 valence electrons. The molecule has 32 heavy (non-hydrogen) atoms. The number of carbonyl (C=O) groups excluding carboxylic acids is 4. The Hall–Kier alpha value is -3.68. The van der Waals surface area contributed by atoms with Crippen molar-refractivity contribution in [3.63, 3.8) is 0 Å². The predicted octanol–water partition coefficient (Wildman–Crippen LogP) is 2.39. The molecule has 3 rings (SSSR count). The van der Waals surface area contributed by atoms with E-state index in [0.29, 0.717) is 42.7 Å². The number of piperidine rings is 1. The van der Waals surface area contributed by atoms with Crippen LogP contribution in [-0.4, -0.2) is 55.3 Å². The minimum absolute atomic E-state index is 0.00280. The van der Waals surface area contributed by atoms with E-state index in [1.165, 1.54) is 7.11 Å². The molecule has 8 heteroatoms.